The zero-order valence-electron chi connectivity index (χ0n) is 12.7. The van der Waals surface area contributed by atoms with E-state index >= 15 is 0 Å². The third kappa shape index (κ3) is 3.97. The Morgan fingerprint density at radius 1 is 0.952 bits per heavy atom. The van der Waals surface area contributed by atoms with Gasteiger partial charge in [0.25, 0.3) is 0 Å². The van der Waals surface area contributed by atoms with Gasteiger partial charge in [0.05, 0.1) is 19.3 Å². The summed E-state index contributed by atoms with van der Waals surface area (Å²) in [5.74, 6) is 7.41. The molecule has 0 spiro atoms. The minimum atomic E-state index is -0.0911. The first-order valence-electron chi connectivity index (χ1n) is 7.00. The highest BCUT2D eigenvalue weighted by Crippen LogP contribution is 2.26. The predicted molar refractivity (Wildman–Crippen MR) is 84.4 cm³/mol. The lowest BCUT2D eigenvalue weighted by molar-refractivity contribution is 0.242. The molecule has 0 aliphatic heterocycles. The number of nitrogens with two attached hydrogens (primary N) is 1. The summed E-state index contributed by atoms with van der Waals surface area (Å²) in [7, 11) is 1.65. The van der Waals surface area contributed by atoms with E-state index in [4.69, 9.17) is 15.3 Å². The van der Waals surface area contributed by atoms with Gasteiger partial charge in [-0.2, -0.15) is 0 Å². The van der Waals surface area contributed by atoms with Crippen LogP contribution < -0.4 is 20.7 Å². The lowest BCUT2D eigenvalue weighted by Crippen LogP contribution is -2.28. The number of hydrazine groups is 1. The summed E-state index contributed by atoms with van der Waals surface area (Å²) in [5, 5.41) is 0. The van der Waals surface area contributed by atoms with Crippen LogP contribution in [0.25, 0.3) is 0 Å². The van der Waals surface area contributed by atoms with Gasteiger partial charge in [0.15, 0.2) is 0 Å². The van der Waals surface area contributed by atoms with Gasteiger partial charge in [0, 0.05) is 0 Å². The molecule has 4 heteroatoms. The first-order chi connectivity index (χ1) is 10.1. The Morgan fingerprint density at radius 2 is 1.67 bits per heavy atom. The monoisotopic (exact) mass is 286 g/mol. The van der Waals surface area contributed by atoms with Crippen molar-refractivity contribution in [3.63, 3.8) is 0 Å². The van der Waals surface area contributed by atoms with Crippen molar-refractivity contribution in [2.24, 2.45) is 5.84 Å². The molecule has 0 aliphatic carbocycles. The van der Waals surface area contributed by atoms with Crippen LogP contribution in [0.3, 0.4) is 0 Å². The minimum absolute atomic E-state index is 0.0911. The average Bonchev–Trinajstić information content (AvgIpc) is 2.48. The number of methoxy groups -OCH3 is 1. The molecule has 4 nitrogen and oxygen atoms in total. The van der Waals surface area contributed by atoms with Crippen LogP contribution in [0.5, 0.6) is 11.5 Å². The fourth-order valence-electron chi connectivity index (χ4n) is 2.22. The molecule has 21 heavy (non-hydrogen) atoms. The molecule has 0 radical (unpaired) electrons. The second kappa shape index (κ2) is 7.11. The van der Waals surface area contributed by atoms with Crippen LogP contribution in [0.4, 0.5) is 0 Å². The lowest BCUT2D eigenvalue weighted by atomic mass is 9.99. The van der Waals surface area contributed by atoms with Crippen LogP contribution in [-0.4, -0.2) is 13.2 Å². The third-order valence-electron chi connectivity index (χ3n) is 3.18. The van der Waals surface area contributed by atoms with E-state index in [9.17, 15) is 0 Å². The van der Waals surface area contributed by atoms with Gasteiger partial charge in [-0.15, -0.1) is 0 Å². The maximum Gasteiger partial charge on any atom is 0.120 e. The Hall–Kier alpha value is -2.04. The quantitative estimate of drug-likeness (QED) is 0.633. The lowest BCUT2D eigenvalue weighted by Gasteiger charge is -2.19. The largest absolute Gasteiger partial charge is 0.497 e. The highest BCUT2D eigenvalue weighted by atomic mass is 16.5. The molecule has 112 valence electrons. The van der Waals surface area contributed by atoms with Gasteiger partial charge in [-0.3, -0.25) is 5.84 Å². The fraction of sp³-hybridized carbons (Fsp3) is 0.294. The van der Waals surface area contributed by atoms with Crippen molar-refractivity contribution in [1.82, 2.24) is 5.43 Å². The first-order valence-corrected chi connectivity index (χ1v) is 7.00. The number of hydrogen-bond acceptors (Lipinski definition) is 4. The third-order valence-corrected chi connectivity index (χ3v) is 3.18. The van der Waals surface area contributed by atoms with Crippen LogP contribution in [0.15, 0.2) is 48.5 Å². The van der Waals surface area contributed by atoms with Crippen LogP contribution >= 0.6 is 0 Å². The summed E-state index contributed by atoms with van der Waals surface area (Å²) in [4.78, 5) is 0. The standard InChI is InChI=1S/C17H22N2O2/c1-12(2)21-16-6-4-5-14(11-16)17(19-18)13-7-9-15(20-3)10-8-13/h4-12,17,19H,18H2,1-3H3. The summed E-state index contributed by atoms with van der Waals surface area (Å²) in [6, 6.07) is 15.7. The number of hydrogen-bond donors (Lipinski definition) is 2. The van der Waals surface area contributed by atoms with Crippen molar-refractivity contribution < 1.29 is 9.47 Å². The first kappa shape index (κ1) is 15.4. The van der Waals surface area contributed by atoms with Gasteiger partial charge in [-0.05, 0) is 49.2 Å². The van der Waals surface area contributed by atoms with E-state index in [0.29, 0.717) is 0 Å². The minimum Gasteiger partial charge on any atom is -0.497 e. The summed E-state index contributed by atoms with van der Waals surface area (Å²) < 4.78 is 10.9. The maximum absolute atomic E-state index is 5.74. The molecule has 2 rings (SSSR count). The van der Waals surface area contributed by atoms with Crippen LogP contribution in [-0.2, 0) is 0 Å². The second-order valence-corrected chi connectivity index (χ2v) is 5.11. The molecule has 3 N–H and O–H groups in total. The molecular formula is C17H22N2O2. The molecule has 0 saturated carbocycles. The molecule has 1 unspecified atom stereocenters. The van der Waals surface area contributed by atoms with E-state index in [1.165, 1.54) is 0 Å². The van der Waals surface area contributed by atoms with Gasteiger partial charge < -0.3 is 9.47 Å². The zero-order chi connectivity index (χ0) is 15.2. The highest BCUT2D eigenvalue weighted by molar-refractivity contribution is 5.38. The SMILES string of the molecule is COc1ccc(C(NN)c2cccc(OC(C)C)c2)cc1. The molecule has 0 fully saturated rings. The smallest absolute Gasteiger partial charge is 0.120 e. The highest BCUT2D eigenvalue weighted by Gasteiger charge is 2.13. The summed E-state index contributed by atoms with van der Waals surface area (Å²) in [5.41, 5.74) is 4.98. The Bertz CT molecular complexity index is 567. The topological polar surface area (TPSA) is 56.5 Å². The zero-order valence-corrected chi connectivity index (χ0v) is 12.7. The molecule has 0 heterocycles. The molecule has 0 aromatic heterocycles. The Morgan fingerprint density at radius 3 is 2.24 bits per heavy atom. The number of rotatable bonds is 6. The van der Waals surface area contributed by atoms with E-state index in [1.807, 2.05) is 62.4 Å². The molecule has 0 saturated heterocycles. The molecule has 0 amide bonds. The van der Waals surface area contributed by atoms with Crippen molar-refractivity contribution in [3.05, 3.63) is 59.7 Å². The average molecular weight is 286 g/mol. The number of nitrogens with one attached hydrogen (secondary N) is 1. The molecule has 0 bridgehead atoms. The van der Waals surface area contributed by atoms with Gasteiger partial charge in [0.2, 0.25) is 0 Å². The molecule has 2 aromatic rings. The van der Waals surface area contributed by atoms with E-state index in [1.54, 1.807) is 7.11 Å². The van der Waals surface area contributed by atoms with Gasteiger partial charge in [-0.25, -0.2) is 5.43 Å². The van der Waals surface area contributed by atoms with E-state index < -0.39 is 0 Å². The Kier molecular flexibility index (Phi) is 5.20. The maximum atomic E-state index is 5.74. The van der Waals surface area contributed by atoms with Gasteiger partial charge in [-0.1, -0.05) is 24.3 Å². The number of benzene rings is 2. The van der Waals surface area contributed by atoms with Crippen molar-refractivity contribution in [3.8, 4) is 11.5 Å². The van der Waals surface area contributed by atoms with E-state index in [0.717, 1.165) is 22.6 Å². The Labute approximate surface area is 125 Å². The van der Waals surface area contributed by atoms with Crippen LogP contribution in [0.1, 0.15) is 31.0 Å². The Balaban J connectivity index is 2.27. The predicted octanol–water partition coefficient (Wildman–Crippen LogP) is 3.04. The van der Waals surface area contributed by atoms with Crippen molar-refractivity contribution in [2.45, 2.75) is 26.0 Å². The summed E-state index contributed by atoms with van der Waals surface area (Å²) in [6.45, 7) is 4.02. The molecule has 0 aliphatic rings. The second-order valence-electron chi connectivity index (χ2n) is 5.11. The van der Waals surface area contributed by atoms with Crippen molar-refractivity contribution >= 4 is 0 Å². The van der Waals surface area contributed by atoms with Crippen LogP contribution in [0, 0.1) is 0 Å². The molecule has 2 aromatic carbocycles. The normalized spacial score (nSPS) is 12.2. The van der Waals surface area contributed by atoms with Gasteiger partial charge in [0.1, 0.15) is 11.5 Å². The van der Waals surface area contributed by atoms with E-state index in [2.05, 4.69) is 5.43 Å². The van der Waals surface area contributed by atoms with Crippen LogP contribution in [0.2, 0.25) is 0 Å². The van der Waals surface area contributed by atoms with Gasteiger partial charge >= 0.3 is 0 Å². The molecular weight excluding hydrogens is 264 g/mol. The number of ether oxygens (including phenoxy) is 2. The fourth-order valence-corrected chi connectivity index (χ4v) is 2.22. The van der Waals surface area contributed by atoms with E-state index in [-0.39, 0.29) is 12.1 Å². The summed E-state index contributed by atoms with van der Waals surface area (Å²) in [6.07, 6.45) is 0.144. The molecule has 1 atom stereocenters. The van der Waals surface area contributed by atoms with Crippen molar-refractivity contribution in [2.75, 3.05) is 7.11 Å². The summed E-state index contributed by atoms with van der Waals surface area (Å²) >= 11 is 0. The van der Waals surface area contributed by atoms with Crippen molar-refractivity contribution in [1.29, 1.82) is 0 Å².